The molecule has 0 atom stereocenters. The number of nitriles is 1. The lowest BCUT2D eigenvalue weighted by atomic mass is 9.90. The highest BCUT2D eigenvalue weighted by atomic mass is 79.9. The molecule has 1 heterocycles. The van der Waals surface area contributed by atoms with Crippen molar-refractivity contribution in [2.75, 3.05) is 31.8 Å². The fraction of sp³-hybridized carbons (Fsp3) is 0.875. The molecule has 12 heavy (non-hydrogen) atoms. The molecule has 0 bridgehead atoms. The Morgan fingerprint density at radius 1 is 1.58 bits per heavy atom. The number of hydrogen-bond donors (Lipinski definition) is 0. The third-order valence-electron chi connectivity index (χ3n) is 1.87. The van der Waals surface area contributed by atoms with Crippen molar-refractivity contribution in [3.8, 4) is 6.07 Å². The van der Waals surface area contributed by atoms with Gasteiger partial charge in [0.25, 0.3) is 0 Å². The van der Waals surface area contributed by atoms with Crippen LogP contribution in [0, 0.1) is 16.7 Å². The summed E-state index contributed by atoms with van der Waals surface area (Å²) in [5.41, 5.74) is 0.176. The van der Waals surface area contributed by atoms with E-state index in [4.69, 9.17) is 14.7 Å². The maximum Gasteiger partial charge on any atom is 0.0645 e. The zero-order valence-corrected chi connectivity index (χ0v) is 8.47. The zero-order chi connectivity index (χ0) is 8.86. The summed E-state index contributed by atoms with van der Waals surface area (Å²) < 4.78 is 10.5. The number of rotatable bonds is 5. The van der Waals surface area contributed by atoms with Gasteiger partial charge in [-0.2, -0.15) is 5.26 Å². The van der Waals surface area contributed by atoms with Crippen LogP contribution in [0.3, 0.4) is 0 Å². The highest BCUT2D eigenvalue weighted by Crippen LogP contribution is 2.29. The third kappa shape index (κ3) is 2.44. The lowest BCUT2D eigenvalue weighted by Crippen LogP contribution is -2.47. The second-order valence-electron chi connectivity index (χ2n) is 3.09. The minimum absolute atomic E-state index is 0.176. The lowest BCUT2D eigenvalue weighted by molar-refractivity contribution is -0.133. The summed E-state index contributed by atoms with van der Waals surface area (Å²) in [5, 5.41) is 9.17. The van der Waals surface area contributed by atoms with Crippen LogP contribution in [0.15, 0.2) is 0 Å². The van der Waals surface area contributed by atoms with E-state index in [1.54, 1.807) is 0 Å². The number of hydrogen-bond acceptors (Lipinski definition) is 3. The van der Waals surface area contributed by atoms with Gasteiger partial charge in [0, 0.05) is 5.33 Å². The molecule has 1 rings (SSSR count). The number of alkyl halides is 1. The summed E-state index contributed by atoms with van der Waals surface area (Å²) in [4.78, 5) is 0. The molecular formula is C8H12BrNO2. The molecule has 68 valence electrons. The molecule has 1 fully saturated rings. The summed E-state index contributed by atoms with van der Waals surface area (Å²) in [6.07, 6.45) is 0.471. The molecule has 0 aliphatic carbocycles. The van der Waals surface area contributed by atoms with E-state index in [1.807, 2.05) is 6.07 Å². The van der Waals surface area contributed by atoms with Gasteiger partial charge in [0.05, 0.1) is 44.3 Å². The van der Waals surface area contributed by atoms with Crippen LogP contribution in [0.25, 0.3) is 0 Å². The largest absolute Gasteiger partial charge is 0.380 e. The Labute approximate surface area is 80.8 Å². The quantitative estimate of drug-likeness (QED) is 0.532. The normalized spacial score (nSPS) is 19.7. The highest BCUT2D eigenvalue weighted by molar-refractivity contribution is 9.09. The van der Waals surface area contributed by atoms with Gasteiger partial charge >= 0.3 is 0 Å². The van der Waals surface area contributed by atoms with E-state index in [1.165, 1.54) is 0 Å². The van der Waals surface area contributed by atoms with Crippen molar-refractivity contribution in [1.29, 1.82) is 5.26 Å². The maximum absolute atomic E-state index is 8.26. The number of ether oxygens (including phenoxy) is 2. The average molecular weight is 234 g/mol. The van der Waals surface area contributed by atoms with Crippen molar-refractivity contribution >= 4 is 15.9 Å². The molecule has 0 N–H and O–H groups in total. The van der Waals surface area contributed by atoms with Gasteiger partial charge in [0.15, 0.2) is 0 Å². The highest BCUT2D eigenvalue weighted by Gasteiger charge is 2.37. The zero-order valence-electron chi connectivity index (χ0n) is 6.88. The van der Waals surface area contributed by atoms with Gasteiger partial charge in [-0.1, -0.05) is 15.9 Å². The minimum atomic E-state index is 0.176. The van der Waals surface area contributed by atoms with Crippen LogP contribution >= 0.6 is 15.9 Å². The van der Waals surface area contributed by atoms with E-state index < -0.39 is 0 Å². The smallest absolute Gasteiger partial charge is 0.0645 e. The summed E-state index contributed by atoms with van der Waals surface area (Å²) in [6, 6.07) is 2.04. The summed E-state index contributed by atoms with van der Waals surface area (Å²) in [7, 11) is 0. The van der Waals surface area contributed by atoms with Gasteiger partial charge < -0.3 is 9.47 Å². The predicted octanol–water partition coefficient (Wildman–Crippen LogP) is 1.33. The maximum atomic E-state index is 8.26. The molecule has 1 aliphatic rings. The van der Waals surface area contributed by atoms with Crippen molar-refractivity contribution < 1.29 is 9.47 Å². The first-order chi connectivity index (χ1) is 5.83. The Morgan fingerprint density at radius 2 is 2.33 bits per heavy atom. The Balaban J connectivity index is 2.09. The van der Waals surface area contributed by atoms with Crippen LogP contribution in [0.2, 0.25) is 0 Å². The summed E-state index contributed by atoms with van der Waals surface area (Å²) in [5.74, 6) is 0. The van der Waals surface area contributed by atoms with Crippen LogP contribution in [0.4, 0.5) is 0 Å². The summed E-state index contributed by atoms with van der Waals surface area (Å²) >= 11 is 3.43. The van der Waals surface area contributed by atoms with Crippen LogP contribution in [0.5, 0.6) is 0 Å². The molecule has 3 nitrogen and oxygen atoms in total. The van der Waals surface area contributed by atoms with Gasteiger partial charge in [-0.3, -0.25) is 0 Å². The van der Waals surface area contributed by atoms with E-state index in [9.17, 15) is 0 Å². The minimum Gasteiger partial charge on any atom is -0.380 e. The third-order valence-corrected chi connectivity index (χ3v) is 3.06. The van der Waals surface area contributed by atoms with E-state index in [0.29, 0.717) is 19.6 Å². The molecule has 0 unspecified atom stereocenters. The van der Waals surface area contributed by atoms with Crippen molar-refractivity contribution in [3.63, 3.8) is 0 Å². The Kier molecular flexibility index (Phi) is 3.99. The summed E-state index contributed by atoms with van der Waals surface area (Å²) in [6.45, 7) is 2.76. The van der Waals surface area contributed by atoms with E-state index in [-0.39, 0.29) is 5.41 Å². The fourth-order valence-electron chi connectivity index (χ4n) is 0.996. The van der Waals surface area contributed by atoms with Crippen molar-refractivity contribution in [1.82, 2.24) is 0 Å². The molecule has 0 aromatic heterocycles. The van der Waals surface area contributed by atoms with Gasteiger partial charge in [0.2, 0.25) is 0 Å². The van der Waals surface area contributed by atoms with Gasteiger partial charge in [-0.25, -0.2) is 0 Å². The van der Waals surface area contributed by atoms with Gasteiger partial charge in [-0.15, -0.1) is 0 Å². The molecule has 1 aliphatic heterocycles. The van der Waals surface area contributed by atoms with Crippen molar-refractivity contribution in [2.45, 2.75) is 6.42 Å². The molecule has 0 spiro atoms. The van der Waals surface area contributed by atoms with E-state index in [2.05, 4.69) is 15.9 Å². The molecule has 0 amide bonds. The van der Waals surface area contributed by atoms with Crippen LogP contribution < -0.4 is 0 Å². The van der Waals surface area contributed by atoms with Crippen LogP contribution in [-0.2, 0) is 9.47 Å². The molecule has 0 aromatic carbocycles. The molecule has 1 saturated heterocycles. The Morgan fingerprint density at radius 3 is 2.75 bits per heavy atom. The molecule has 4 heteroatoms. The van der Waals surface area contributed by atoms with Crippen molar-refractivity contribution in [3.05, 3.63) is 0 Å². The molecule has 0 radical (unpaired) electrons. The first kappa shape index (κ1) is 9.97. The lowest BCUT2D eigenvalue weighted by Gasteiger charge is -2.39. The second-order valence-corrected chi connectivity index (χ2v) is 3.65. The van der Waals surface area contributed by atoms with E-state index >= 15 is 0 Å². The second kappa shape index (κ2) is 4.80. The topological polar surface area (TPSA) is 42.2 Å². The Bertz CT molecular complexity index is 169. The Hall–Kier alpha value is -0.110. The van der Waals surface area contributed by atoms with Gasteiger partial charge in [0.1, 0.15) is 0 Å². The molecular weight excluding hydrogens is 222 g/mol. The van der Waals surface area contributed by atoms with Crippen LogP contribution in [-0.4, -0.2) is 31.8 Å². The van der Waals surface area contributed by atoms with Gasteiger partial charge in [-0.05, 0) is 0 Å². The average Bonchev–Trinajstić information content (AvgIpc) is 2.02. The number of nitrogens with zero attached hydrogens (tertiary/aromatic N) is 1. The first-order valence-electron chi connectivity index (χ1n) is 3.91. The van der Waals surface area contributed by atoms with Crippen molar-refractivity contribution in [2.24, 2.45) is 5.41 Å². The van der Waals surface area contributed by atoms with E-state index in [0.717, 1.165) is 18.5 Å². The van der Waals surface area contributed by atoms with Crippen LogP contribution in [0.1, 0.15) is 6.42 Å². The molecule has 0 aromatic rings. The SMILES string of the molecule is N#CCCOCC1(CBr)COC1. The number of halogens is 1. The predicted molar refractivity (Wildman–Crippen MR) is 48.1 cm³/mol. The molecule has 0 saturated carbocycles. The first-order valence-corrected chi connectivity index (χ1v) is 5.03. The fourth-order valence-corrected chi connectivity index (χ4v) is 1.48. The standard InChI is InChI=1S/C8H12BrNO2/c9-4-8(6-12-7-8)5-11-3-1-2-10/h1,3-7H2. The monoisotopic (exact) mass is 233 g/mol.